The molecule has 1 N–H and O–H groups in total. The second-order valence-electron chi connectivity index (χ2n) is 12.4. The number of piperidine rings is 1. The lowest BCUT2D eigenvalue weighted by molar-refractivity contribution is -0.288. The Labute approximate surface area is 226 Å². The molecule has 2 heterocycles. The van der Waals surface area contributed by atoms with E-state index in [1.807, 2.05) is 18.2 Å². The highest BCUT2D eigenvalue weighted by Gasteiger charge is 2.70. The van der Waals surface area contributed by atoms with Crippen molar-refractivity contribution < 1.29 is 24.1 Å². The van der Waals surface area contributed by atoms with E-state index < -0.39 is 16.8 Å². The summed E-state index contributed by atoms with van der Waals surface area (Å²) in [6.07, 6.45) is 6.62. The van der Waals surface area contributed by atoms with Crippen LogP contribution in [-0.4, -0.2) is 67.5 Å². The van der Waals surface area contributed by atoms with Gasteiger partial charge < -0.3 is 24.1 Å². The second kappa shape index (κ2) is 9.60. The van der Waals surface area contributed by atoms with Crippen LogP contribution in [0.4, 0.5) is 0 Å². The van der Waals surface area contributed by atoms with E-state index >= 15 is 0 Å². The SMILES string of the molecule is COc1ccc2c(c1)C13CCN(CC4CC4)C(C2)C1(O)CC(CCOCc1ccccc1)C1(C3)OCCO1. The zero-order valence-corrected chi connectivity index (χ0v) is 22.6. The highest BCUT2D eigenvalue weighted by atomic mass is 16.7. The van der Waals surface area contributed by atoms with Crippen molar-refractivity contribution in [1.29, 1.82) is 0 Å². The summed E-state index contributed by atoms with van der Waals surface area (Å²) in [4.78, 5) is 2.63. The predicted molar refractivity (Wildman–Crippen MR) is 144 cm³/mol. The first kappa shape index (κ1) is 25.0. The normalized spacial score (nSPS) is 33.6. The molecule has 2 aromatic carbocycles. The summed E-state index contributed by atoms with van der Waals surface area (Å²) in [5.41, 5.74) is 2.52. The number of aliphatic hydroxyl groups is 1. The molecule has 4 fully saturated rings. The fraction of sp³-hybridized carbons (Fsp3) is 0.625. The molecule has 2 saturated carbocycles. The molecule has 2 bridgehead atoms. The van der Waals surface area contributed by atoms with Crippen LogP contribution in [-0.2, 0) is 32.7 Å². The van der Waals surface area contributed by atoms with E-state index in [0.29, 0.717) is 39.3 Å². The van der Waals surface area contributed by atoms with Crippen LogP contribution in [0.5, 0.6) is 5.75 Å². The van der Waals surface area contributed by atoms with Gasteiger partial charge in [-0.25, -0.2) is 0 Å². The molecular weight excluding hydrogens is 478 g/mol. The van der Waals surface area contributed by atoms with Gasteiger partial charge in [-0.1, -0.05) is 36.4 Å². The summed E-state index contributed by atoms with van der Waals surface area (Å²) in [7, 11) is 1.73. The Kier molecular flexibility index (Phi) is 6.32. The van der Waals surface area contributed by atoms with Gasteiger partial charge in [0.15, 0.2) is 5.79 Å². The molecule has 1 spiro atoms. The molecule has 0 radical (unpaired) electrons. The minimum absolute atomic E-state index is 0.0782. The van der Waals surface area contributed by atoms with Gasteiger partial charge >= 0.3 is 0 Å². The molecule has 2 saturated heterocycles. The van der Waals surface area contributed by atoms with Gasteiger partial charge in [0.05, 0.1) is 32.5 Å². The molecule has 2 aromatic rings. The van der Waals surface area contributed by atoms with Crippen molar-refractivity contribution in [3.05, 3.63) is 65.2 Å². The predicted octanol–water partition coefficient (Wildman–Crippen LogP) is 4.46. The van der Waals surface area contributed by atoms with Crippen LogP contribution < -0.4 is 4.74 Å². The number of methoxy groups -OCH3 is 1. The highest BCUT2D eigenvalue weighted by molar-refractivity contribution is 5.49. The Balaban J connectivity index is 1.21. The van der Waals surface area contributed by atoms with Gasteiger partial charge in [0, 0.05) is 36.9 Å². The monoisotopic (exact) mass is 519 g/mol. The highest BCUT2D eigenvalue weighted by Crippen LogP contribution is 2.63. The van der Waals surface area contributed by atoms with Gasteiger partial charge in [-0.05, 0) is 79.8 Å². The number of likely N-dealkylation sites (tertiary alicyclic amines) is 1. The number of nitrogens with zero attached hydrogens (tertiary/aromatic N) is 1. The molecule has 204 valence electrons. The maximum Gasteiger partial charge on any atom is 0.172 e. The average molecular weight is 520 g/mol. The smallest absolute Gasteiger partial charge is 0.172 e. The fourth-order valence-corrected chi connectivity index (χ4v) is 8.24. The molecule has 38 heavy (non-hydrogen) atoms. The van der Waals surface area contributed by atoms with E-state index in [9.17, 15) is 5.11 Å². The van der Waals surface area contributed by atoms with Crippen molar-refractivity contribution in [3.8, 4) is 5.75 Å². The lowest BCUT2D eigenvalue weighted by Gasteiger charge is -2.67. The number of benzene rings is 2. The average Bonchev–Trinajstić information content (AvgIpc) is 3.64. The first-order valence-corrected chi connectivity index (χ1v) is 14.6. The third-order valence-electron chi connectivity index (χ3n) is 10.3. The molecule has 6 heteroatoms. The van der Waals surface area contributed by atoms with Crippen molar-refractivity contribution in [2.45, 2.75) is 74.4 Å². The van der Waals surface area contributed by atoms with Crippen LogP contribution in [0, 0.1) is 11.8 Å². The Bertz CT molecular complexity index is 1150. The van der Waals surface area contributed by atoms with Crippen molar-refractivity contribution in [2.75, 3.05) is 40.0 Å². The van der Waals surface area contributed by atoms with E-state index in [2.05, 4.69) is 35.2 Å². The quantitative estimate of drug-likeness (QED) is 0.520. The summed E-state index contributed by atoms with van der Waals surface area (Å²) >= 11 is 0. The van der Waals surface area contributed by atoms with Crippen LogP contribution in [0.1, 0.15) is 55.2 Å². The van der Waals surface area contributed by atoms with Crippen molar-refractivity contribution in [3.63, 3.8) is 0 Å². The van der Waals surface area contributed by atoms with Gasteiger partial charge in [-0.3, -0.25) is 4.90 Å². The van der Waals surface area contributed by atoms with Crippen molar-refractivity contribution in [1.82, 2.24) is 4.90 Å². The summed E-state index contributed by atoms with van der Waals surface area (Å²) in [5, 5.41) is 13.0. The molecule has 7 rings (SSSR count). The Morgan fingerprint density at radius 1 is 1.08 bits per heavy atom. The van der Waals surface area contributed by atoms with Gasteiger partial charge in [0.2, 0.25) is 0 Å². The first-order valence-electron chi connectivity index (χ1n) is 14.6. The third-order valence-corrected chi connectivity index (χ3v) is 10.3. The summed E-state index contributed by atoms with van der Waals surface area (Å²) in [6.45, 7) is 4.56. The standard InChI is InChI=1S/C32H41NO5/c1-35-27-10-9-25-17-29-31(34)19-26(11-14-36-21-24-5-3-2-4-6-24)32(37-15-16-38-32)22-30(31,28(25)18-27)12-13-33(29)20-23-7-8-23/h2-6,9-10,18,23,26,29,34H,7-8,11-17,19-22H2,1H3. The molecule has 4 unspecified atom stereocenters. The second-order valence-corrected chi connectivity index (χ2v) is 12.4. The zero-order valence-electron chi connectivity index (χ0n) is 22.6. The largest absolute Gasteiger partial charge is 0.497 e. The minimum atomic E-state index is -0.843. The van der Waals surface area contributed by atoms with Crippen LogP contribution in [0.15, 0.2) is 48.5 Å². The number of fused-ring (bicyclic) bond motifs is 1. The van der Waals surface area contributed by atoms with Crippen LogP contribution in [0.2, 0.25) is 0 Å². The maximum absolute atomic E-state index is 13.0. The minimum Gasteiger partial charge on any atom is -0.497 e. The molecule has 5 aliphatic rings. The van der Waals surface area contributed by atoms with Gasteiger partial charge in [0.1, 0.15) is 5.75 Å². The number of hydrogen-bond acceptors (Lipinski definition) is 6. The molecule has 6 nitrogen and oxygen atoms in total. The fourth-order valence-electron chi connectivity index (χ4n) is 8.24. The number of hydrogen-bond donors (Lipinski definition) is 1. The number of rotatable bonds is 8. The summed E-state index contributed by atoms with van der Waals surface area (Å²) < 4.78 is 24.9. The molecule has 0 aromatic heterocycles. The molecule has 0 amide bonds. The van der Waals surface area contributed by atoms with E-state index in [1.165, 1.54) is 29.5 Å². The summed E-state index contributed by atoms with van der Waals surface area (Å²) in [6, 6.07) is 16.9. The zero-order chi connectivity index (χ0) is 25.8. The lowest BCUT2D eigenvalue weighted by Crippen LogP contribution is -2.76. The Hall–Kier alpha value is -1.96. The van der Waals surface area contributed by atoms with Crippen molar-refractivity contribution in [2.24, 2.45) is 11.8 Å². The van der Waals surface area contributed by atoms with Crippen molar-refractivity contribution >= 4 is 0 Å². The maximum atomic E-state index is 13.0. The molecule has 3 aliphatic carbocycles. The molecule has 2 aliphatic heterocycles. The van der Waals surface area contributed by atoms with Crippen LogP contribution in [0.25, 0.3) is 0 Å². The van der Waals surface area contributed by atoms with E-state index in [-0.39, 0.29) is 12.0 Å². The van der Waals surface area contributed by atoms with E-state index in [1.54, 1.807) is 7.11 Å². The number of ether oxygens (including phenoxy) is 4. The Morgan fingerprint density at radius 3 is 2.66 bits per heavy atom. The Morgan fingerprint density at radius 2 is 1.89 bits per heavy atom. The third kappa shape index (κ3) is 4.03. The van der Waals surface area contributed by atoms with Crippen LogP contribution >= 0.6 is 0 Å². The molecular formula is C32H41NO5. The van der Waals surface area contributed by atoms with E-state index in [4.69, 9.17) is 18.9 Å². The first-order chi connectivity index (χ1) is 18.6. The van der Waals surface area contributed by atoms with Crippen LogP contribution in [0.3, 0.4) is 0 Å². The van der Waals surface area contributed by atoms with Gasteiger partial charge in [-0.2, -0.15) is 0 Å². The topological polar surface area (TPSA) is 60.4 Å². The van der Waals surface area contributed by atoms with E-state index in [0.717, 1.165) is 44.0 Å². The summed E-state index contributed by atoms with van der Waals surface area (Å²) in [5.74, 6) is 1.05. The lowest BCUT2D eigenvalue weighted by atomic mass is 9.46. The molecule has 4 atom stereocenters. The van der Waals surface area contributed by atoms with Gasteiger partial charge in [-0.15, -0.1) is 0 Å². The van der Waals surface area contributed by atoms with Gasteiger partial charge in [0.25, 0.3) is 0 Å².